The minimum absolute atomic E-state index is 0.126. The van der Waals surface area contributed by atoms with Crippen LogP contribution in [0.3, 0.4) is 0 Å². The first-order chi connectivity index (χ1) is 11.0. The molecule has 3 aromatic rings. The second-order valence-electron chi connectivity index (χ2n) is 5.14. The van der Waals surface area contributed by atoms with Gasteiger partial charge in [0.1, 0.15) is 0 Å². The number of nitrogens with zero attached hydrogens (tertiary/aromatic N) is 1. The molecule has 1 aromatic heterocycles. The topological polar surface area (TPSA) is 82.6 Å². The molecule has 0 saturated carbocycles. The van der Waals surface area contributed by atoms with Crippen molar-refractivity contribution in [1.82, 2.24) is 0 Å². The summed E-state index contributed by atoms with van der Waals surface area (Å²) in [4.78, 5) is 22.8. The number of benzene rings is 2. The Morgan fingerprint density at radius 3 is 2.61 bits per heavy atom. The van der Waals surface area contributed by atoms with Crippen LogP contribution in [0, 0.1) is 17.0 Å². The van der Waals surface area contributed by atoms with Crippen LogP contribution in [0.1, 0.15) is 5.56 Å². The lowest BCUT2D eigenvalue weighted by Gasteiger charge is -2.07. The maximum atomic E-state index is 12.3. The molecular formula is C17H13NO5. The van der Waals surface area contributed by atoms with Gasteiger partial charge in [-0.25, -0.2) is 4.79 Å². The molecule has 0 aliphatic carbocycles. The van der Waals surface area contributed by atoms with Gasteiger partial charge >= 0.3 is 5.63 Å². The number of fused-ring (bicyclic) bond motifs is 1. The number of rotatable bonds is 3. The molecule has 116 valence electrons. The molecule has 0 saturated heterocycles. The van der Waals surface area contributed by atoms with E-state index in [4.69, 9.17) is 9.15 Å². The van der Waals surface area contributed by atoms with Gasteiger partial charge in [-0.2, -0.15) is 0 Å². The SMILES string of the molecule is COc1cc([N+](=O)[O-])cc2cc(-c3cccc(C)c3)c(=O)oc12. The molecule has 0 atom stereocenters. The van der Waals surface area contributed by atoms with Crippen molar-refractivity contribution in [2.24, 2.45) is 0 Å². The van der Waals surface area contributed by atoms with Crippen LogP contribution in [0.5, 0.6) is 5.75 Å². The van der Waals surface area contributed by atoms with E-state index in [1.807, 2.05) is 25.1 Å². The maximum Gasteiger partial charge on any atom is 0.344 e. The van der Waals surface area contributed by atoms with E-state index < -0.39 is 10.5 Å². The first-order valence-electron chi connectivity index (χ1n) is 6.87. The van der Waals surface area contributed by atoms with Gasteiger partial charge in [0, 0.05) is 11.5 Å². The number of hydrogen-bond acceptors (Lipinski definition) is 5. The van der Waals surface area contributed by atoms with Crippen LogP contribution in [-0.4, -0.2) is 12.0 Å². The van der Waals surface area contributed by atoms with Crippen molar-refractivity contribution in [3.05, 3.63) is 68.6 Å². The van der Waals surface area contributed by atoms with Gasteiger partial charge < -0.3 is 9.15 Å². The summed E-state index contributed by atoms with van der Waals surface area (Å²) in [5, 5.41) is 11.5. The summed E-state index contributed by atoms with van der Waals surface area (Å²) in [6.07, 6.45) is 0. The van der Waals surface area contributed by atoms with Crippen molar-refractivity contribution in [2.45, 2.75) is 6.92 Å². The average molecular weight is 311 g/mol. The molecule has 1 heterocycles. The van der Waals surface area contributed by atoms with Crippen molar-refractivity contribution in [1.29, 1.82) is 0 Å². The Kier molecular flexibility index (Phi) is 3.57. The van der Waals surface area contributed by atoms with Crippen molar-refractivity contribution < 1.29 is 14.1 Å². The van der Waals surface area contributed by atoms with E-state index in [1.165, 1.54) is 19.2 Å². The van der Waals surface area contributed by atoms with Crippen molar-refractivity contribution >= 4 is 16.7 Å². The molecule has 6 nitrogen and oxygen atoms in total. The summed E-state index contributed by atoms with van der Waals surface area (Å²) in [5.41, 5.74) is 1.60. The highest BCUT2D eigenvalue weighted by molar-refractivity contribution is 5.88. The third kappa shape index (κ3) is 2.66. The summed E-state index contributed by atoms with van der Waals surface area (Å²) in [5.74, 6) is 0.155. The van der Waals surface area contributed by atoms with E-state index in [0.717, 1.165) is 5.56 Å². The fourth-order valence-corrected chi connectivity index (χ4v) is 2.46. The van der Waals surface area contributed by atoms with E-state index in [9.17, 15) is 14.9 Å². The number of nitro groups is 1. The zero-order chi connectivity index (χ0) is 16.6. The van der Waals surface area contributed by atoms with Gasteiger partial charge in [-0.15, -0.1) is 0 Å². The van der Waals surface area contributed by atoms with E-state index in [2.05, 4.69) is 0 Å². The highest BCUT2D eigenvalue weighted by atomic mass is 16.6. The molecule has 0 radical (unpaired) electrons. The van der Waals surface area contributed by atoms with Crippen LogP contribution >= 0.6 is 0 Å². The van der Waals surface area contributed by atoms with E-state index >= 15 is 0 Å². The smallest absolute Gasteiger partial charge is 0.344 e. The van der Waals surface area contributed by atoms with Crippen LogP contribution in [-0.2, 0) is 0 Å². The molecule has 3 rings (SSSR count). The molecule has 0 fully saturated rings. The van der Waals surface area contributed by atoms with Crippen LogP contribution < -0.4 is 10.4 Å². The zero-order valence-corrected chi connectivity index (χ0v) is 12.5. The first kappa shape index (κ1) is 14.8. The van der Waals surface area contributed by atoms with Gasteiger partial charge in [0.15, 0.2) is 11.3 Å². The fraction of sp³-hybridized carbons (Fsp3) is 0.118. The van der Waals surface area contributed by atoms with Gasteiger partial charge in [0.25, 0.3) is 5.69 Å². The lowest BCUT2D eigenvalue weighted by molar-refractivity contribution is -0.384. The predicted octanol–water partition coefficient (Wildman–Crippen LogP) is 3.69. The fourth-order valence-electron chi connectivity index (χ4n) is 2.46. The van der Waals surface area contributed by atoms with Gasteiger partial charge in [-0.3, -0.25) is 10.1 Å². The number of ether oxygens (including phenoxy) is 1. The lowest BCUT2D eigenvalue weighted by atomic mass is 10.0. The summed E-state index contributed by atoms with van der Waals surface area (Å²) in [7, 11) is 1.37. The third-order valence-corrected chi connectivity index (χ3v) is 3.54. The number of methoxy groups -OCH3 is 1. The largest absolute Gasteiger partial charge is 0.493 e. The van der Waals surface area contributed by atoms with Crippen LogP contribution in [0.4, 0.5) is 5.69 Å². The predicted molar refractivity (Wildman–Crippen MR) is 85.9 cm³/mol. The Bertz CT molecular complexity index is 974. The summed E-state index contributed by atoms with van der Waals surface area (Å²) in [6.45, 7) is 1.92. The highest BCUT2D eigenvalue weighted by Gasteiger charge is 2.17. The number of non-ortho nitro benzene ring substituents is 1. The molecule has 0 bridgehead atoms. The second kappa shape index (κ2) is 5.57. The van der Waals surface area contributed by atoms with Crippen LogP contribution in [0.2, 0.25) is 0 Å². The molecule has 0 unspecified atom stereocenters. The van der Waals surface area contributed by atoms with Gasteiger partial charge in [0.05, 0.1) is 23.7 Å². The third-order valence-electron chi connectivity index (χ3n) is 3.54. The van der Waals surface area contributed by atoms with Crippen LogP contribution in [0.25, 0.3) is 22.1 Å². The Labute approximate surface area is 131 Å². The van der Waals surface area contributed by atoms with Gasteiger partial charge in [-0.05, 0) is 18.6 Å². The van der Waals surface area contributed by atoms with Gasteiger partial charge in [-0.1, -0.05) is 29.8 Å². The van der Waals surface area contributed by atoms with E-state index in [-0.39, 0.29) is 17.0 Å². The Hall–Kier alpha value is -3.15. The summed E-state index contributed by atoms with van der Waals surface area (Å²) < 4.78 is 10.4. The lowest BCUT2D eigenvalue weighted by Crippen LogP contribution is -2.04. The van der Waals surface area contributed by atoms with Gasteiger partial charge in [0.2, 0.25) is 0 Å². The standard InChI is InChI=1S/C17H13NO5/c1-10-4-3-5-11(6-10)14-8-12-7-13(18(20)21)9-15(22-2)16(12)23-17(14)19/h3-9H,1-2H3. The minimum atomic E-state index is -0.518. The molecule has 6 heteroatoms. The quantitative estimate of drug-likeness (QED) is 0.418. The molecule has 23 heavy (non-hydrogen) atoms. The number of aryl methyl sites for hydroxylation is 1. The molecule has 0 aliphatic rings. The second-order valence-corrected chi connectivity index (χ2v) is 5.14. The average Bonchev–Trinajstić information content (AvgIpc) is 2.53. The number of nitro benzene ring substituents is 1. The molecular weight excluding hydrogens is 298 g/mol. The first-order valence-corrected chi connectivity index (χ1v) is 6.87. The van der Waals surface area contributed by atoms with Crippen molar-refractivity contribution in [2.75, 3.05) is 7.11 Å². The number of hydrogen-bond donors (Lipinski definition) is 0. The summed E-state index contributed by atoms with van der Waals surface area (Å²) >= 11 is 0. The molecule has 2 aromatic carbocycles. The molecule has 0 amide bonds. The van der Waals surface area contributed by atoms with Crippen molar-refractivity contribution in [3.8, 4) is 16.9 Å². The summed E-state index contributed by atoms with van der Waals surface area (Å²) in [6, 6.07) is 11.6. The Balaban J connectivity index is 2.32. The van der Waals surface area contributed by atoms with E-state index in [1.54, 1.807) is 12.1 Å². The monoisotopic (exact) mass is 311 g/mol. The molecule has 0 N–H and O–H groups in total. The molecule has 0 aliphatic heterocycles. The minimum Gasteiger partial charge on any atom is -0.493 e. The Morgan fingerprint density at radius 1 is 1.17 bits per heavy atom. The zero-order valence-electron chi connectivity index (χ0n) is 12.5. The van der Waals surface area contributed by atoms with Crippen molar-refractivity contribution in [3.63, 3.8) is 0 Å². The Morgan fingerprint density at radius 2 is 1.96 bits per heavy atom. The molecule has 0 spiro atoms. The normalized spacial score (nSPS) is 10.7. The maximum absolute atomic E-state index is 12.3. The van der Waals surface area contributed by atoms with E-state index in [0.29, 0.717) is 16.5 Å². The highest BCUT2D eigenvalue weighted by Crippen LogP contribution is 2.32. The van der Waals surface area contributed by atoms with Crippen LogP contribution in [0.15, 0.2) is 51.7 Å².